The molecule has 230 valence electrons. The largest absolute Gasteiger partial charge is 0.494 e. The number of nitrogens with zero attached hydrogens (tertiary/aromatic N) is 3. The van der Waals surface area contributed by atoms with Gasteiger partial charge in [0.25, 0.3) is 0 Å². The number of halogens is 2. The van der Waals surface area contributed by atoms with Crippen LogP contribution in [0, 0.1) is 0 Å². The first-order valence-corrected chi connectivity index (χ1v) is 14.4. The Morgan fingerprint density at radius 2 is 1.56 bits per heavy atom. The molecular formula is C32H37Cl2N3O6. The molecule has 9 nitrogen and oxygen atoms in total. The Hall–Kier alpha value is -3.82. The van der Waals surface area contributed by atoms with Crippen molar-refractivity contribution in [2.24, 2.45) is 15.5 Å². The van der Waals surface area contributed by atoms with Crippen LogP contribution >= 0.6 is 23.2 Å². The minimum atomic E-state index is -0.575. The average Bonchev–Trinajstić information content (AvgIpc) is 2.99. The summed E-state index contributed by atoms with van der Waals surface area (Å²) in [7, 11) is 4.17. The van der Waals surface area contributed by atoms with E-state index < -0.39 is 5.97 Å². The summed E-state index contributed by atoms with van der Waals surface area (Å²) in [6.07, 6.45) is 2.73. The highest BCUT2D eigenvalue weighted by Gasteiger charge is 2.26. The predicted octanol–water partition coefficient (Wildman–Crippen LogP) is 7.35. The minimum absolute atomic E-state index is 0.119. The van der Waals surface area contributed by atoms with Crippen LogP contribution in [0.5, 0.6) is 5.75 Å². The van der Waals surface area contributed by atoms with E-state index in [4.69, 9.17) is 47.2 Å². The zero-order valence-corrected chi connectivity index (χ0v) is 26.8. The number of carbonyl (C=O) groups is 1. The van der Waals surface area contributed by atoms with Gasteiger partial charge in [0.15, 0.2) is 5.71 Å². The second kappa shape index (κ2) is 16.7. The molecule has 2 aromatic rings. The second-order valence-corrected chi connectivity index (χ2v) is 10.7. The standard InChI is InChI=1S/C32H37Cl2N3O6/c1-20-16-25(28(17-21(20)2)31(37-41-6)32(38)39-4)19-43-35-22(3)30(36-40-5)24-10-13-27(14-11-24)42-15-7-8-23-9-12-26(33)18-29(23)34/h9-14,18H,7-8,15-17,19H2,1-6H3/b35-22+,36-30-,37-31+. The Bertz CT molecular complexity index is 1450. The molecule has 0 unspecified atom stereocenters. The molecule has 0 aliphatic heterocycles. The third kappa shape index (κ3) is 9.59. The molecule has 0 spiro atoms. The molecule has 2 aromatic carbocycles. The molecule has 0 saturated carbocycles. The van der Waals surface area contributed by atoms with E-state index in [0.717, 1.165) is 40.9 Å². The summed E-state index contributed by atoms with van der Waals surface area (Å²) < 4.78 is 10.8. The summed E-state index contributed by atoms with van der Waals surface area (Å²) >= 11 is 12.2. The number of hydrogen-bond acceptors (Lipinski definition) is 9. The van der Waals surface area contributed by atoms with Gasteiger partial charge in [-0.1, -0.05) is 55.9 Å². The van der Waals surface area contributed by atoms with Crippen LogP contribution in [-0.2, 0) is 30.5 Å². The number of methoxy groups -OCH3 is 1. The molecule has 1 aliphatic rings. The second-order valence-electron chi connectivity index (χ2n) is 9.90. The van der Waals surface area contributed by atoms with Crippen LogP contribution in [0.1, 0.15) is 51.2 Å². The Balaban J connectivity index is 1.66. The fraction of sp³-hybridized carbons (Fsp3) is 0.375. The van der Waals surface area contributed by atoms with Crippen LogP contribution in [0.15, 0.2) is 80.2 Å². The number of allylic oxidation sites excluding steroid dienone is 2. The Labute approximate surface area is 262 Å². The highest BCUT2D eigenvalue weighted by molar-refractivity contribution is 6.47. The third-order valence-electron chi connectivity index (χ3n) is 6.89. The van der Waals surface area contributed by atoms with Crippen LogP contribution in [0.4, 0.5) is 0 Å². The van der Waals surface area contributed by atoms with Gasteiger partial charge in [0.05, 0.1) is 13.7 Å². The number of rotatable bonds is 14. The lowest BCUT2D eigenvalue weighted by atomic mass is 9.85. The van der Waals surface area contributed by atoms with Crippen molar-refractivity contribution in [3.8, 4) is 5.75 Å². The SMILES string of the molecule is CO/N=C(/C(=O)OC)C1=C(CO/N=C(C)/C(=N/OC)c2ccc(OCCCc3ccc(Cl)cc3Cl)cc2)CC(C)=C(C)C1. The van der Waals surface area contributed by atoms with Gasteiger partial charge in [-0.25, -0.2) is 4.79 Å². The number of hydrogen-bond donors (Lipinski definition) is 0. The predicted molar refractivity (Wildman–Crippen MR) is 170 cm³/mol. The fourth-order valence-electron chi connectivity index (χ4n) is 4.47. The lowest BCUT2D eigenvalue weighted by molar-refractivity contribution is -0.132. The van der Waals surface area contributed by atoms with Crippen molar-refractivity contribution in [1.82, 2.24) is 0 Å². The third-order valence-corrected chi connectivity index (χ3v) is 7.48. The molecule has 0 aromatic heterocycles. The van der Waals surface area contributed by atoms with Crippen LogP contribution in [0.25, 0.3) is 0 Å². The smallest absolute Gasteiger partial charge is 0.360 e. The van der Waals surface area contributed by atoms with Gasteiger partial charge in [-0.05, 0) is 99.6 Å². The lowest BCUT2D eigenvalue weighted by Crippen LogP contribution is -2.23. The van der Waals surface area contributed by atoms with E-state index in [1.807, 2.05) is 43.3 Å². The maximum Gasteiger partial charge on any atom is 0.360 e. The van der Waals surface area contributed by atoms with Crippen LogP contribution in [-0.4, -0.2) is 57.6 Å². The first-order valence-electron chi connectivity index (χ1n) is 13.7. The number of aryl methyl sites for hydroxylation is 1. The maximum absolute atomic E-state index is 12.4. The zero-order valence-electron chi connectivity index (χ0n) is 25.3. The van der Waals surface area contributed by atoms with Crippen LogP contribution < -0.4 is 4.74 Å². The van der Waals surface area contributed by atoms with Gasteiger partial charge >= 0.3 is 5.97 Å². The summed E-state index contributed by atoms with van der Waals surface area (Å²) in [5, 5.41) is 13.7. The van der Waals surface area contributed by atoms with Crippen LogP contribution in [0.2, 0.25) is 10.0 Å². The van der Waals surface area contributed by atoms with E-state index in [0.29, 0.717) is 46.5 Å². The molecule has 43 heavy (non-hydrogen) atoms. The molecule has 0 radical (unpaired) electrons. The van der Waals surface area contributed by atoms with Crippen LogP contribution in [0.3, 0.4) is 0 Å². The molecule has 0 saturated heterocycles. The number of esters is 1. The normalized spacial score (nSPS) is 14.6. The van der Waals surface area contributed by atoms with Crippen molar-refractivity contribution in [3.63, 3.8) is 0 Å². The summed E-state index contributed by atoms with van der Waals surface area (Å²) in [6, 6.07) is 13.0. The van der Waals surface area contributed by atoms with Gasteiger partial charge in [0, 0.05) is 15.6 Å². The topological polar surface area (TPSA) is 100 Å². The van der Waals surface area contributed by atoms with Gasteiger partial charge in [0.1, 0.15) is 38.0 Å². The number of oxime groups is 3. The molecular weight excluding hydrogens is 593 g/mol. The van der Waals surface area contributed by atoms with Crippen molar-refractivity contribution in [2.75, 3.05) is 34.5 Å². The van der Waals surface area contributed by atoms with E-state index in [9.17, 15) is 4.79 Å². The molecule has 0 fully saturated rings. The van der Waals surface area contributed by atoms with Gasteiger partial charge in [0.2, 0.25) is 0 Å². The van der Waals surface area contributed by atoms with E-state index >= 15 is 0 Å². The molecule has 0 amide bonds. The lowest BCUT2D eigenvalue weighted by Gasteiger charge is -2.22. The molecule has 1 aliphatic carbocycles. The molecule has 3 rings (SSSR count). The summed E-state index contributed by atoms with van der Waals surface area (Å²) in [4.78, 5) is 28.2. The minimum Gasteiger partial charge on any atom is -0.494 e. The molecule has 11 heteroatoms. The van der Waals surface area contributed by atoms with Gasteiger partial charge in [-0.3, -0.25) is 0 Å². The van der Waals surface area contributed by atoms with Gasteiger partial charge in [-0.15, -0.1) is 0 Å². The highest BCUT2D eigenvalue weighted by atomic mass is 35.5. The van der Waals surface area contributed by atoms with E-state index in [1.54, 1.807) is 13.0 Å². The quantitative estimate of drug-likeness (QED) is 0.0712. The summed E-state index contributed by atoms with van der Waals surface area (Å²) in [5.74, 6) is 0.150. The van der Waals surface area contributed by atoms with Gasteiger partial charge < -0.3 is 24.0 Å². The number of benzene rings is 2. The first-order chi connectivity index (χ1) is 20.7. The van der Waals surface area contributed by atoms with E-state index in [2.05, 4.69) is 22.4 Å². The Kier molecular flexibility index (Phi) is 13.1. The van der Waals surface area contributed by atoms with E-state index in [-0.39, 0.29) is 12.3 Å². The Morgan fingerprint density at radius 3 is 2.21 bits per heavy atom. The molecule has 0 bridgehead atoms. The highest BCUT2D eigenvalue weighted by Crippen LogP contribution is 2.31. The summed E-state index contributed by atoms with van der Waals surface area (Å²) in [6.45, 7) is 6.54. The fourth-order valence-corrected chi connectivity index (χ4v) is 4.97. The summed E-state index contributed by atoms with van der Waals surface area (Å²) in [5.41, 5.74) is 6.87. The maximum atomic E-state index is 12.4. The van der Waals surface area contributed by atoms with Crippen molar-refractivity contribution < 1.29 is 28.8 Å². The molecule has 0 atom stereocenters. The van der Waals surface area contributed by atoms with Crippen molar-refractivity contribution in [2.45, 2.75) is 46.5 Å². The monoisotopic (exact) mass is 629 g/mol. The molecule has 0 heterocycles. The Morgan fingerprint density at radius 1 is 0.884 bits per heavy atom. The van der Waals surface area contributed by atoms with E-state index in [1.165, 1.54) is 26.9 Å². The first kappa shape index (κ1) is 33.7. The average molecular weight is 631 g/mol. The van der Waals surface area contributed by atoms with Crippen molar-refractivity contribution in [3.05, 3.63) is 85.9 Å². The van der Waals surface area contributed by atoms with Crippen molar-refractivity contribution in [1.29, 1.82) is 0 Å². The molecule has 0 N–H and O–H groups in total. The zero-order chi connectivity index (χ0) is 31.4. The number of ether oxygens (including phenoxy) is 2. The van der Waals surface area contributed by atoms with Gasteiger partial charge in [-0.2, -0.15) is 0 Å². The number of carbonyl (C=O) groups excluding carboxylic acids is 1. The van der Waals surface area contributed by atoms with Crippen molar-refractivity contribution >= 4 is 46.3 Å².